The summed E-state index contributed by atoms with van der Waals surface area (Å²) in [6.07, 6.45) is 0. The Bertz CT molecular complexity index is 949. The maximum Gasteiger partial charge on any atom is 0.274 e. The molecule has 0 radical (unpaired) electrons. The third-order valence-corrected chi connectivity index (χ3v) is 4.54. The summed E-state index contributed by atoms with van der Waals surface area (Å²) in [4.78, 5) is 23.7. The lowest BCUT2D eigenvalue weighted by molar-refractivity contribution is -0.385. The zero-order valence-corrected chi connectivity index (χ0v) is 15.5. The molecule has 0 aliphatic rings. The van der Waals surface area contributed by atoms with Gasteiger partial charge in [-0.25, -0.2) is 0 Å². The van der Waals surface area contributed by atoms with E-state index in [1.807, 2.05) is 4.90 Å². The Hall–Kier alpha value is -3.45. The Balaban J connectivity index is 2.01. The minimum absolute atomic E-state index is 0.00373. The van der Waals surface area contributed by atoms with Crippen LogP contribution in [0.3, 0.4) is 0 Å². The number of hydrogen-bond donors (Lipinski definition) is 0. The minimum atomic E-state index is -0.430. The number of anilines is 1. The average molecular weight is 398 g/mol. The van der Waals surface area contributed by atoms with Crippen LogP contribution in [0.1, 0.15) is 11.1 Å². The highest BCUT2D eigenvalue weighted by atomic mass is 35.5. The zero-order chi connectivity index (χ0) is 20.1. The maximum absolute atomic E-state index is 11.4. The van der Waals surface area contributed by atoms with Crippen LogP contribution in [0.5, 0.6) is 0 Å². The van der Waals surface area contributed by atoms with E-state index in [1.165, 1.54) is 12.1 Å². The van der Waals surface area contributed by atoms with Crippen LogP contribution < -0.4 is 4.90 Å². The number of nitrogens with zero attached hydrogens (tertiary/aromatic N) is 3. The van der Waals surface area contributed by atoms with Crippen LogP contribution in [-0.4, -0.2) is 9.85 Å². The molecule has 3 rings (SSSR count). The molecule has 7 nitrogen and oxygen atoms in total. The summed E-state index contributed by atoms with van der Waals surface area (Å²) in [5.74, 6) is 0. The van der Waals surface area contributed by atoms with Gasteiger partial charge >= 0.3 is 0 Å². The summed E-state index contributed by atoms with van der Waals surface area (Å²) < 4.78 is 0. The first-order valence-electron chi connectivity index (χ1n) is 8.41. The van der Waals surface area contributed by atoms with Crippen molar-refractivity contribution < 1.29 is 9.85 Å². The fourth-order valence-electron chi connectivity index (χ4n) is 2.95. The lowest BCUT2D eigenvalue weighted by Crippen LogP contribution is -2.23. The normalized spacial score (nSPS) is 10.5. The smallest absolute Gasteiger partial charge is 0.274 e. The molecule has 142 valence electrons. The average Bonchev–Trinajstić information content (AvgIpc) is 2.68. The number of nitro benzene ring substituents is 2. The molecule has 0 unspecified atom stereocenters. The molecule has 0 amide bonds. The van der Waals surface area contributed by atoms with Crippen LogP contribution in [0.2, 0.25) is 5.02 Å². The van der Waals surface area contributed by atoms with Crippen molar-refractivity contribution in [3.63, 3.8) is 0 Å². The molecule has 0 saturated carbocycles. The molecule has 0 aliphatic carbocycles. The molecule has 0 aromatic heterocycles. The Labute approximate surface area is 166 Å². The van der Waals surface area contributed by atoms with Crippen LogP contribution in [0.15, 0.2) is 72.8 Å². The molecular weight excluding hydrogens is 382 g/mol. The van der Waals surface area contributed by atoms with Gasteiger partial charge in [0.2, 0.25) is 0 Å². The highest BCUT2D eigenvalue weighted by Crippen LogP contribution is 2.28. The van der Waals surface area contributed by atoms with Gasteiger partial charge in [-0.1, -0.05) is 48.0 Å². The monoisotopic (exact) mass is 397 g/mol. The fourth-order valence-corrected chi connectivity index (χ4v) is 3.07. The standard InChI is InChI=1S/C20H16ClN3O4/c21-17-9-11-18(12-10-17)22(13-15-5-1-3-7-19(15)23(25)26)14-16-6-2-4-8-20(16)24(27)28/h1-12H,13-14H2. The zero-order valence-electron chi connectivity index (χ0n) is 14.7. The van der Waals surface area contributed by atoms with E-state index in [9.17, 15) is 20.2 Å². The Morgan fingerprint density at radius 3 is 1.57 bits per heavy atom. The molecule has 3 aromatic carbocycles. The third kappa shape index (κ3) is 4.44. The summed E-state index contributed by atoms with van der Waals surface area (Å²) in [6.45, 7) is 0.426. The van der Waals surface area contributed by atoms with Crippen molar-refractivity contribution in [2.45, 2.75) is 13.1 Å². The van der Waals surface area contributed by atoms with Gasteiger partial charge in [-0.3, -0.25) is 20.2 Å². The number of halogens is 1. The molecule has 0 spiro atoms. The van der Waals surface area contributed by atoms with Crippen molar-refractivity contribution in [3.05, 3.63) is 109 Å². The number of hydrogen-bond acceptors (Lipinski definition) is 5. The van der Waals surface area contributed by atoms with Gasteiger partial charge < -0.3 is 4.90 Å². The topological polar surface area (TPSA) is 89.5 Å². The van der Waals surface area contributed by atoms with Crippen molar-refractivity contribution in [1.82, 2.24) is 0 Å². The molecule has 0 aliphatic heterocycles. The van der Waals surface area contributed by atoms with Crippen LogP contribution in [0.4, 0.5) is 17.1 Å². The van der Waals surface area contributed by atoms with Crippen molar-refractivity contribution >= 4 is 28.7 Å². The minimum Gasteiger partial charge on any atom is -0.362 e. The summed E-state index contributed by atoms with van der Waals surface area (Å²) in [5, 5.41) is 23.3. The SMILES string of the molecule is O=[N+]([O-])c1ccccc1CN(Cc1ccccc1[N+](=O)[O-])c1ccc(Cl)cc1. The van der Waals surface area contributed by atoms with Gasteiger partial charge in [-0.15, -0.1) is 0 Å². The molecule has 3 aromatic rings. The number of para-hydroxylation sites is 2. The van der Waals surface area contributed by atoms with E-state index in [1.54, 1.807) is 60.7 Å². The summed E-state index contributed by atoms with van der Waals surface area (Å²) in [6, 6.07) is 19.9. The quantitative estimate of drug-likeness (QED) is 0.395. The predicted octanol–water partition coefficient (Wildman–Crippen LogP) is 5.36. The second kappa shape index (κ2) is 8.49. The first kappa shape index (κ1) is 19.3. The number of benzene rings is 3. The van der Waals surface area contributed by atoms with Crippen LogP contribution in [0.25, 0.3) is 0 Å². The van der Waals surface area contributed by atoms with E-state index >= 15 is 0 Å². The first-order valence-corrected chi connectivity index (χ1v) is 8.78. The maximum atomic E-state index is 11.4. The van der Waals surface area contributed by atoms with Crippen molar-refractivity contribution in [1.29, 1.82) is 0 Å². The van der Waals surface area contributed by atoms with Crippen molar-refractivity contribution in [2.75, 3.05) is 4.90 Å². The Morgan fingerprint density at radius 1 is 0.714 bits per heavy atom. The Morgan fingerprint density at radius 2 is 1.14 bits per heavy atom. The first-order chi connectivity index (χ1) is 13.5. The number of rotatable bonds is 7. The molecule has 0 bridgehead atoms. The highest BCUT2D eigenvalue weighted by Gasteiger charge is 2.20. The van der Waals surface area contributed by atoms with Gasteiger partial charge in [0, 0.05) is 34.0 Å². The van der Waals surface area contributed by atoms with Gasteiger partial charge in [0.1, 0.15) is 0 Å². The highest BCUT2D eigenvalue weighted by molar-refractivity contribution is 6.30. The lowest BCUT2D eigenvalue weighted by Gasteiger charge is -2.25. The molecule has 0 heterocycles. The van der Waals surface area contributed by atoms with Gasteiger partial charge in [0.05, 0.1) is 22.9 Å². The van der Waals surface area contributed by atoms with Crippen molar-refractivity contribution in [3.8, 4) is 0 Å². The van der Waals surface area contributed by atoms with Crippen LogP contribution in [0, 0.1) is 20.2 Å². The predicted molar refractivity (Wildman–Crippen MR) is 108 cm³/mol. The molecule has 28 heavy (non-hydrogen) atoms. The Kier molecular flexibility index (Phi) is 5.86. The van der Waals surface area contributed by atoms with E-state index in [2.05, 4.69) is 0 Å². The summed E-state index contributed by atoms with van der Waals surface area (Å²) >= 11 is 5.97. The fraction of sp³-hybridized carbons (Fsp3) is 0.100. The summed E-state index contributed by atoms with van der Waals surface area (Å²) in [5.41, 5.74) is 1.79. The third-order valence-electron chi connectivity index (χ3n) is 4.29. The molecule has 0 N–H and O–H groups in total. The second-order valence-corrected chi connectivity index (χ2v) is 6.54. The van der Waals surface area contributed by atoms with E-state index < -0.39 is 9.85 Å². The van der Waals surface area contributed by atoms with E-state index in [0.717, 1.165) is 5.69 Å². The van der Waals surface area contributed by atoms with E-state index in [4.69, 9.17) is 11.6 Å². The molecule has 0 saturated heterocycles. The van der Waals surface area contributed by atoms with E-state index in [-0.39, 0.29) is 24.5 Å². The largest absolute Gasteiger partial charge is 0.362 e. The summed E-state index contributed by atoms with van der Waals surface area (Å²) in [7, 11) is 0. The van der Waals surface area contributed by atoms with Gasteiger partial charge in [-0.05, 0) is 24.3 Å². The van der Waals surface area contributed by atoms with Crippen LogP contribution >= 0.6 is 11.6 Å². The lowest BCUT2D eigenvalue weighted by atomic mass is 10.1. The van der Waals surface area contributed by atoms with Gasteiger partial charge in [-0.2, -0.15) is 0 Å². The van der Waals surface area contributed by atoms with Crippen LogP contribution in [-0.2, 0) is 13.1 Å². The molecule has 8 heteroatoms. The molecular formula is C20H16ClN3O4. The molecule has 0 fully saturated rings. The van der Waals surface area contributed by atoms with Gasteiger partial charge in [0.15, 0.2) is 0 Å². The van der Waals surface area contributed by atoms with Crippen molar-refractivity contribution in [2.24, 2.45) is 0 Å². The van der Waals surface area contributed by atoms with E-state index in [0.29, 0.717) is 16.1 Å². The van der Waals surface area contributed by atoms with Gasteiger partial charge in [0.25, 0.3) is 11.4 Å². The number of nitro groups is 2. The molecule has 0 atom stereocenters. The second-order valence-electron chi connectivity index (χ2n) is 6.10.